The van der Waals surface area contributed by atoms with Gasteiger partial charge in [-0.3, -0.25) is 0 Å². The third-order valence-electron chi connectivity index (χ3n) is 3.68. The molecule has 0 spiro atoms. The van der Waals surface area contributed by atoms with E-state index in [1.54, 1.807) is 24.3 Å². The highest BCUT2D eigenvalue weighted by atomic mass is 79.9. The van der Waals surface area contributed by atoms with Crippen molar-refractivity contribution in [3.05, 3.63) is 64.6 Å². The van der Waals surface area contributed by atoms with Gasteiger partial charge >= 0.3 is 5.97 Å². The zero-order chi connectivity index (χ0) is 16.0. The molecule has 0 fully saturated rings. The first-order valence-corrected chi connectivity index (χ1v) is 7.74. The maximum Gasteiger partial charge on any atom is 0.336 e. The molecule has 0 aliphatic rings. The van der Waals surface area contributed by atoms with Crippen LogP contribution in [0.25, 0.3) is 33.3 Å². The van der Waals surface area contributed by atoms with E-state index >= 15 is 0 Å². The van der Waals surface area contributed by atoms with Crippen LogP contribution in [0.5, 0.6) is 0 Å². The fraction of sp³-hybridized carbons (Fsp3) is 0. The van der Waals surface area contributed by atoms with Crippen molar-refractivity contribution in [3.63, 3.8) is 0 Å². The molecule has 23 heavy (non-hydrogen) atoms. The lowest BCUT2D eigenvalue weighted by atomic mass is 10.1. The smallest absolute Gasteiger partial charge is 0.336 e. The first-order chi connectivity index (χ1) is 11.1. The minimum Gasteiger partial charge on any atom is -0.478 e. The summed E-state index contributed by atoms with van der Waals surface area (Å²) in [5, 5.41) is 11.0. The Bertz CT molecular complexity index is 1070. The van der Waals surface area contributed by atoms with Crippen LogP contribution in [0.4, 0.5) is 0 Å². The lowest BCUT2D eigenvalue weighted by Gasteiger charge is -2.04. The van der Waals surface area contributed by atoms with Crippen LogP contribution >= 0.6 is 15.9 Å². The SMILES string of the molecule is O=C(O)c1cc(-c2cc3cc(Br)ccc3o2)nc2ccccc12. The molecule has 1 N–H and O–H groups in total. The minimum atomic E-state index is -0.983. The number of fused-ring (bicyclic) bond motifs is 2. The molecule has 0 saturated heterocycles. The van der Waals surface area contributed by atoms with Gasteiger partial charge in [0.05, 0.1) is 11.1 Å². The number of furan rings is 1. The number of rotatable bonds is 2. The Morgan fingerprint density at radius 3 is 2.74 bits per heavy atom. The molecule has 112 valence electrons. The molecule has 2 aromatic carbocycles. The molecule has 0 unspecified atom stereocenters. The summed E-state index contributed by atoms with van der Waals surface area (Å²) in [6.07, 6.45) is 0. The van der Waals surface area contributed by atoms with Crippen molar-refractivity contribution in [3.8, 4) is 11.5 Å². The van der Waals surface area contributed by atoms with Crippen LogP contribution in [0.1, 0.15) is 10.4 Å². The second-order valence-electron chi connectivity index (χ2n) is 5.17. The fourth-order valence-electron chi connectivity index (χ4n) is 2.62. The van der Waals surface area contributed by atoms with Gasteiger partial charge < -0.3 is 9.52 Å². The second-order valence-corrected chi connectivity index (χ2v) is 6.09. The maximum absolute atomic E-state index is 11.6. The standard InChI is InChI=1S/C18H10BrNO3/c19-11-5-6-16-10(7-11)8-17(23-16)15-9-13(18(21)22)12-3-1-2-4-14(12)20-15/h1-9H,(H,21,22). The van der Waals surface area contributed by atoms with Gasteiger partial charge in [0.2, 0.25) is 0 Å². The van der Waals surface area contributed by atoms with Gasteiger partial charge in [-0.25, -0.2) is 9.78 Å². The Labute approximate surface area is 139 Å². The van der Waals surface area contributed by atoms with Crippen LogP contribution in [0.3, 0.4) is 0 Å². The van der Waals surface area contributed by atoms with Crippen molar-refractivity contribution >= 4 is 43.8 Å². The molecule has 0 aliphatic carbocycles. The van der Waals surface area contributed by atoms with E-state index < -0.39 is 5.97 Å². The predicted molar refractivity (Wildman–Crippen MR) is 91.6 cm³/mol. The molecule has 2 heterocycles. The molecular weight excluding hydrogens is 358 g/mol. The van der Waals surface area contributed by atoms with E-state index in [-0.39, 0.29) is 5.56 Å². The van der Waals surface area contributed by atoms with Gasteiger partial charge in [0.15, 0.2) is 5.76 Å². The number of benzene rings is 2. The zero-order valence-electron chi connectivity index (χ0n) is 11.8. The Morgan fingerprint density at radius 2 is 1.91 bits per heavy atom. The number of aromatic nitrogens is 1. The molecule has 0 bridgehead atoms. The number of pyridine rings is 1. The van der Waals surface area contributed by atoms with Gasteiger partial charge in [-0.1, -0.05) is 34.1 Å². The van der Waals surface area contributed by atoms with Crippen molar-refractivity contribution in [2.45, 2.75) is 0 Å². The largest absolute Gasteiger partial charge is 0.478 e. The molecule has 0 saturated carbocycles. The molecule has 4 rings (SSSR count). The van der Waals surface area contributed by atoms with Crippen molar-refractivity contribution in [2.24, 2.45) is 0 Å². The lowest BCUT2D eigenvalue weighted by molar-refractivity contribution is 0.0699. The summed E-state index contributed by atoms with van der Waals surface area (Å²) >= 11 is 3.43. The molecule has 0 aliphatic heterocycles. The second kappa shape index (κ2) is 5.21. The third-order valence-corrected chi connectivity index (χ3v) is 4.17. The highest BCUT2D eigenvalue weighted by Gasteiger charge is 2.15. The van der Waals surface area contributed by atoms with E-state index in [0.717, 1.165) is 15.4 Å². The molecular formula is C18H10BrNO3. The number of halogens is 1. The van der Waals surface area contributed by atoms with E-state index in [0.29, 0.717) is 22.4 Å². The van der Waals surface area contributed by atoms with Crippen LogP contribution in [0.15, 0.2) is 63.5 Å². The summed E-state index contributed by atoms with van der Waals surface area (Å²) in [7, 11) is 0. The summed E-state index contributed by atoms with van der Waals surface area (Å²) < 4.78 is 6.77. The molecule has 0 amide bonds. The predicted octanol–water partition coefficient (Wildman–Crippen LogP) is 5.11. The van der Waals surface area contributed by atoms with Crippen LogP contribution < -0.4 is 0 Å². The summed E-state index contributed by atoms with van der Waals surface area (Å²) in [5.74, 6) is -0.435. The van der Waals surface area contributed by atoms with Gasteiger partial charge in [0.25, 0.3) is 0 Å². The first kappa shape index (κ1) is 14.0. The Hall–Kier alpha value is -2.66. The molecule has 2 aromatic heterocycles. The van der Waals surface area contributed by atoms with Crippen molar-refractivity contribution in [1.82, 2.24) is 4.98 Å². The fourth-order valence-corrected chi connectivity index (χ4v) is 3.00. The van der Waals surface area contributed by atoms with E-state index in [1.807, 2.05) is 30.3 Å². The summed E-state index contributed by atoms with van der Waals surface area (Å²) in [4.78, 5) is 16.1. The number of para-hydroxylation sites is 1. The normalized spacial score (nSPS) is 11.2. The van der Waals surface area contributed by atoms with E-state index in [4.69, 9.17) is 4.42 Å². The zero-order valence-corrected chi connectivity index (χ0v) is 13.4. The average molecular weight is 368 g/mol. The number of hydrogen-bond donors (Lipinski definition) is 1. The monoisotopic (exact) mass is 367 g/mol. The van der Waals surface area contributed by atoms with Gasteiger partial charge in [-0.15, -0.1) is 0 Å². The molecule has 0 atom stereocenters. The average Bonchev–Trinajstić information content (AvgIpc) is 2.96. The Kier molecular flexibility index (Phi) is 3.16. The van der Waals surface area contributed by atoms with E-state index in [9.17, 15) is 9.90 Å². The lowest BCUT2D eigenvalue weighted by Crippen LogP contribution is -1.99. The van der Waals surface area contributed by atoms with Crippen LogP contribution in [0, 0.1) is 0 Å². The van der Waals surface area contributed by atoms with Gasteiger partial charge in [-0.2, -0.15) is 0 Å². The van der Waals surface area contributed by atoms with E-state index in [1.165, 1.54) is 0 Å². The number of aromatic carboxylic acids is 1. The quantitative estimate of drug-likeness (QED) is 0.534. The number of nitrogens with zero attached hydrogens (tertiary/aromatic N) is 1. The van der Waals surface area contributed by atoms with Gasteiger partial charge in [0.1, 0.15) is 11.3 Å². The number of carbonyl (C=O) groups is 1. The van der Waals surface area contributed by atoms with Crippen molar-refractivity contribution in [2.75, 3.05) is 0 Å². The summed E-state index contributed by atoms with van der Waals surface area (Å²) in [6.45, 7) is 0. The van der Waals surface area contributed by atoms with Crippen molar-refractivity contribution < 1.29 is 14.3 Å². The van der Waals surface area contributed by atoms with E-state index in [2.05, 4.69) is 20.9 Å². The molecule has 4 aromatic rings. The minimum absolute atomic E-state index is 0.215. The number of carboxylic acids is 1. The highest BCUT2D eigenvalue weighted by molar-refractivity contribution is 9.10. The van der Waals surface area contributed by atoms with Crippen LogP contribution in [0.2, 0.25) is 0 Å². The number of carboxylic acid groups (broad SMARTS) is 1. The van der Waals surface area contributed by atoms with Crippen LogP contribution in [-0.2, 0) is 0 Å². The Balaban J connectivity index is 1.98. The molecule has 5 heteroatoms. The van der Waals surface area contributed by atoms with Gasteiger partial charge in [0, 0.05) is 15.2 Å². The Morgan fingerprint density at radius 1 is 1.09 bits per heavy atom. The molecule has 0 radical (unpaired) electrons. The third kappa shape index (κ3) is 2.39. The first-order valence-electron chi connectivity index (χ1n) is 6.94. The van der Waals surface area contributed by atoms with Gasteiger partial charge in [-0.05, 0) is 36.4 Å². The highest BCUT2D eigenvalue weighted by Crippen LogP contribution is 2.31. The summed E-state index contributed by atoms with van der Waals surface area (Å²) in [5.41, 5.74) is 2.08. The summed E-state index contributed by atoms with van der Waals surface area (Å²) in [6, 6.07) is 16.3. The number of hydrogen-bond acceptors (Lipinski definition) is 3. The van der Waals surface area contributed by atoms with Crippen LogP contribution in [-0.4, -0.2) is 16.1 Å². The van der Waals surface area contributed by atoms with Crippen molar-refractivity contribution in [1.29, 1.82) is 0 Å². The molecule has 4 nitrogen and oxygen atoms in total. The topological polar surface area (TPSA) is 63.3 Å². The maximum atomic E-state index is 11.6.